The Balaban J connectivity index is 2.08. The molecule has 7 heteroatoms. The van der Waals surface area contributed by atoms with Crippen LogP contribution in [0.2, 0.25) is 0 Å². The molecule has 2 aromatic heterocycles. The molecule has 6 nitrogen and oxygen atoms in total. The third kappa shape index (κ3) is 3.42. The molecule has 0 aliphatic heterocycles. The summed E-state index contributed by atoms with van der Waals surface area (Å²) >= 11 is 1.44. The molecule has 0 radical (unpaired) electrons. The van der Waals surface area contributed by atoms with Crippen LogP contribution in [0.25, 0.3) is 10.2 Å². The smallest absolute Gasteiger partial charge is 0.315 e. The molecule has 24 heavy (non-hydrogen) atoms. The summed E-state index contributed by atoms with van der Waals surface area (Å²) in [6, 6.07) is 9.12. The lowest BCUT2D eigenvalue weighted by Crippen LogP contribution is -2.19. The fraction of sp³-hybridized carbons (Fsp3) is 0.294. The number of carbonyl (C=O) groups is 1. The van der Waals surface area contributed by atoms with Crippen LogP contribution in [0.1, 0.15) is 17.5 Å². The van der Waals surface area contributed by atoms with Crippen molar-refractivity contribution in [2.45, 2.75) is 13.5 Å². The highest BCUT2D eigenvalue weighted by atomic mass is 32.1. The average Bonchev–Trinajstić information content (AvgIpc) is 3.21. The summed E-state index contributed by atoms with van der Waals surface area (Å²) < 4.78 is 18.8. The molecule has 0 spiro atoms. The van der Waals surface area contributed by atoms with Gasteiger partial charge >= 0.3 is 5.91 Å². The number of carbonyl (C=O) groups excluding carboxylic acids is 1. The molecule has 0 saturated heterocycles. The summed E-state index contributed by atoms with van der Waals surface area (Å²) in [4.78, 5) is 17.1. The summed E-state index contributed by atoms with van der Waals surface area (Å²) in [5, 5.41) is 0. The van der Waals surface area contributed by atoms with E-state index in [0.717, 1.165) is 16.0 Å². The Morgan fingerprint density at radius 3 is 2.96 bits per heavy atom. The van der Waals surface area contributed by atoms with Gasteiger partial charge in [-0.2, -0.15) is 4.99 Å². The van der Waals surface area contributed by atoms with Crippen molar-refractivity contribution in [3.63, 3.8) is 0 Å². The first-order chi connectivity index (χ1) is 11.7. The van der Waals surface area contributed by atoms with Gasteiger partial charge in [0.05, 0.1) is 29.7 Å². The number of ether oxygens (including phenoxy) is 2. The SMILES string of the molecule is CCOc1ccc2c(c1)sc(=NC(=O)c1ccco1)n2CCOC. The van der Waals surface area contributed by atoms with E-state index < -0.39 is 5.91 Å². The van der Waals surface area contributed by atoms with E-state index in [4.69, 9.17) is 13.9 Å². The molecule has 3 aromatic rings. The van der Waals surface area contributed by atoms with Crippen LogP contribution in [0.4, 0.5) is 0 Å². The van der Waals surface area contributed by atoms with E-state index in [1.165, 1.54) is 17.6 Å². The van der Waals surface area contributed by atoms with Crippen LogP contribution in [-0.2, 0) is 11.3 Å². The molecule has 0 unspecified atom stereocenters. The highest BCUT2D eigenvalue weighted by Gasteiger charge is 2.11. The number of nitrogens with zero attached hydrogens (tertiary/aromatic N) is 2. The van der Waals surface area contributed by atoms with Crippen molar-refractivity contribution in [3.05, 3.63) is 47.2 Å². The monoisotopic (exact) mass is 346 g/mol. The van der Waals surface area contributed by atoms with Crippen molar-refractivity contribution >= 4 is 27.5 Å². The van der Waals surface area contributed by atoms with Crippen LogP contribution >= 0.6 is 11.3 Å². The van der Waals surface area contributed by atoms with Crippen molar-refractivity contribution in [1.29, 1.82) is 0 Å². The lowest BCUT2D eigenvalue weighted by molar-refractivity contribution is 0.0971. The maximum absolute atomic E-state index is 12.2. The van der Waals surface area contributed by atoms with Crippen molar-refractivity contribution in [1.82, 2.24) is 4.57 Å². The molecule has 0 fully saturated rings. The molecule has 1 aromatic carbocycles. The first-order valence-corrected chi connectivity index (χ1v) is 8.42. The molecule has 126 valence electrons. The van der Waals surface area contributed by atoms with Crippen LogP contribution in [0.3, 0.4) is 0 Å². The van der Waals surface area contributed by atoms with Gasteiger partial charge in [-0.25, -0.2) is 0 Å². The van der Waals surface area contributed by atoms with Crippen molar-refractivity contribution in [2.75, 3.05) is 20.3 Å². The van der Waals surface area contributed by atoms with E-state index in [1.54, 1.807) is 19.2 Å². The molecule has 1 amide bonds. The van der Waals surface area contributed by atoms with Crippen LogP contribution in [0.5, 0.6) is 5.75 Å². The minimum Gasteiger partial charge on any atom is -0.494 e. The number of thiazole rings is 1. The molecule has 3 rings (SSSR count). The number of hydrogen-bond acceptors (Lipinski definition) is 5. The molecular weight excluding hydrogens is 328 g/mol. The molecule has 2 heterocycles. The lowest BCUT2D eigenvalue weighted by atomic mass is 10.3. The first kappa shape index (κ1) is 16.5. The van der Waals surface area contributed by atoms with Gasteiger partial charge in [0.25, 0.3) is 0 Å². The third-order valence-corrected chi connectivity index (χ3v) is 4.45. The van der Waals surface area contributed by atoms with Crippen LogP contribution < -0.4 is 9.54 Å². The van der Waals surface area contributed by atoms with E-state index in [1.807, 2.05) is 29.7 Å². The van der Waals surface area contributed by atoms with E-state index in [0.29, 0.717) is 24.6 Å². The predicted octanol–water partition coefficient (Wildman–Crippen LogP) is 3.08. The van der Waals surface area contributed by atoms with Crippen LogP contribution in [0, 0.1) is 0 Å². The Morgan fingerprint density at radius 1 is 1.38 bits per heavy atom. The van der Waals surface area contributed by atoms with Gasteiger partial charge in [0.2, 0.25) is 0 Å². The number of hydrogen-bond donors (Lipinski definition) is 0. The minimum absolute atomic E-state index is 0.223. The van der Waals surface area contributed by atoms with Crippen molar-refractivity contribution in [2.24, 2.45) is 4.99 Å². The zero-order valence-electron chi connectivity index (χ0n) is 13.5. The maximum Gasteiger partial charge on any atom is 0.315 e. The summed E-state index contributed by atoms with van der Waals surface area (Å²) in [5.74, 6) is 0.623. The zero-order chi connectivity index (χ0) is 16.9. The van der Waals surface area contributed by atoms with Gasteiger partial charge < -0.3 is 18.5 Å². The first-order valence-electron chi connectivity index (χ1n) is 7.60. The number of rotatable bonds is 6. The standard InChI is InChI=1S/C17H18N2O4S/c1-3-22-12-6-7-13-15(11-12)24-17(19(13)8-10-21-2)18-16(20)14-5-4-9-23-14/h4-7,9,11H,3,8,10H2,1-2H3. The number of methoxy groups -OCH3 is 1. The largest absolute Gasteiger partial charge is 0.494 e. The number of benzene rings is 1. The van der Waals surface area contributed by atoms with E-state index in [2.05, 4.69) is 4.99 Å². The average molecular weight is 346 g/mol. The number of aromatic nitrogens is 1. The van der Waals surface area contributed by atoms with Crippen molar-refractivity contribution < 1.29 is 18.7 Å². The normalized spacial score (nSPS) is 12.0. The van der Waals surface area contributed by atoms with Gasteiger partial charge in [-0.05, 0) is 37.3 Å². The fourth-order valence-corrected chi connectivity index (χ4v) is 3.42. The number of fused-ring (bicyclic) bond motifs is 1. The summed E-state index contributed by atoms with van der Waals surface area (Å²) in [6.07, 6.45) is 1.46. The Labute approximate surface area is 143 Å². The highest BCUT2D eigenvalue weighted by Crippen LogP contribution is 2.23. The topological polar surface area (TPSA) is 66.0 Å². The predicted molar refractivity (Wildman–Crippen MR) is 91.5 cm³/mol. The van der Waals surface area contributed by atoms with E-state index in [9.17, 15) is 4.79 Å². The minimum atomic E-state index is -0.400. The highest BCUT2D eigenvalue weighted by molar-refractivity contribution is 7.16. The van der Waals surface area contributed by atoms with Gasteiger partial charge in [0.15, 0.2) is 10.6 Å². The van der Waals surface area contributed by atoms with E-state index >= 15 is 0 Å². The van der Waals surface area contributed by atoms with Gasteiger partial charge in [0.1, 0.15) is 5.75 Å². The van der Waals surface area contributed by atoms with Gasteiger partial charge in [-0.15, -0.1) is 0 Å². The second-order valence-electron chi connectivity index (χ2n) is 4.99. The Hall–Kier alpha value is -2.38. The number of amides is 1. The second-order valence-corrected chi connectivity index (χ2v) is 5.99. The van der Waals surface area contributed by atoms with E-state index in [-0.39, 0.29) is 5.76 Å². The molecule has 0 atom stereocenters. The van der Waals surface area contributed by atoms with Crippen molar-refractivity contribution in [3.8, 4) is 5.75 Å². The molecular formula is C17H18N2O4S. The molecule has 0 bridgehead atoms. The van der Waals surface area contributed by atoms with Crippen LogP contribution in [0.15, 0.2) is 46.0 Å². The zero-order valence-corrected chi connectivity index (χ0v) is 14.3. The molecule has 0 N–H and O–H groups in total. The third-order valence-electron chi connectivity index (χ3n) is 3.41. The molecule has 0 aliphatic rings. The second kappa shape index (κ2) is 7.46. The van der Waals surface area contributed by atoms with Gasteiger partial charge in [0, 0.05) is 13.7 Å². The quantitative estimate of drug-likeness (QED) is 0.688. The Morgan fingerprint density at radius 2 is 2.25 bits per heavy atom. The van der Waals surface area contributed by atoms with Gasteiger partial charge in [-0.3, -0.25) is 4.79 Å². The fourth-order valence-electron chi connectivity index (χ4n) is 2.34. The Kier molecular flexibility index (Phi) is 5.12. The summed E-state index contributed by atoms with van der Waals surface area (Å²) in [7, 11) is 1.65. The maximum atomic E-state index is 12.2. The number of furan rings is 1. The lowest BCUT2D eigenvalue weighted by Gasteiger charge is -2.05. The summed E-state index contributed by atoms with van der Waals surface area (Å²) in [5.41, 5.74) is 0.992. The summed E-state index contributed by atoms with van der Waals surface area (Å²) in [6.45, 7) is 3.69. The molecule has 0 aliphatic carbocycles. The molecule has 0 saturated carbocycles. The van der Waals surface area contributed by atoms with Gasteiger partial charge in [-0.1, -0.05) is 11.3 Å². The van der Waals surface area contributed by atoms with Crippen LogP contribution in [-0.4, -0.2) is 30.8 Å². The Bertz CT molecular complexity index is 893.